The fourth-order valence-electron chi connectivity index (χ4n) is 0.825. The molecule has 1 rings (SSSR count). The molecule has 1 heterocycles. The molecule has 0 aliphatic heterocycles. The first kappa shape index (κ1) is 8.14. The number of thiocarbonyl (C=S) groups is 1. The van der Waals surface area contributed by atoms with E-state index in [9.17, 15) is 0 Å². The Hall–Kier alpha value is -0.960. The molecule has 0 amide bonds. The van der Waals surface area contributed by atoms with Gasteiger partial charge < -0.3 is 5.73 Å². The number of nitrogens with zero attached hydrogens (tertiary/aromatic N) is 1. The summed E-state index contributed by atoms with van der Waals surface area (Å²) in [6, 6.07) is 3.74. The van der Waals surface area contributed by atoms with E-state index in [0.717, 1.165) is 17.7 Å². The molecule has 0 atom stereocenters. The molecule has 0 bridgehead atoms. The molecule has 0 aliphatic carbocycles. The molecule has 1 aromatic heterocycles. The fraction of sp³-hybridized carbons (Fsp3) is 0.250. The van der Waals surface area contributed by atoms with Gasteiger partial charge in [-0.2, -0.15) is 0 Å². The van der Waals surface area contributed by atoms with Crippen molar-refractivity contribution in [1.29, 1.82) is 0 Å². The van der Waals surface area contributed by atoms with E-state index < -0.39 is 0 Å². The molecule has 3 heteroatoms. The van der Waals surface area contributed by atoms with Gasteiger partial charge in [-0.25, -0.2) is 0 Å². The lowest BCUT2D eigenvalue weighted by atomic mass is 10.2. The molecule has 0 spiro atoms. The Morgan fingerprint density at radius 2 is 2.45 bits per heavy atom. The summed E-state index contributed by atoms with van der Waals surface area (Å²) < 4.78 is 0. The van der Waals surface area contributed by atoms with Crippen LogP contribution in [0.15, 0.2) is 18.3 Å². The summed E-state index contributed by atoms with van der Waals surface area (Å²) in [5.74, 6) is 0. The molecule has 58 valence electrons. The van der Waals surface area contributed by atoms with E-state index >= 15 is 0 Å². The molecule has 2 N–H and O–H groups in total. The highest BCUT2D eigenvalue weighted by Crippen LogP contribution is 2.01. The zero-order chi connectivity index (χ0) is 8.27. The Labute approximate surface area is 71.4 Å². The van der Waals surface area contributed by atoms with E-state index in [4.69, 9.17) is 18.0 Å². The van der Waals surface area contributed by atoms with E-state index in [2.05, 4.69) is 4.98 Å². The normalized spacial score (nSPS) is 9.55. The molecule has 0 fully saturated rings. The number of aromatic nitrogens is 1. The van der Waals surface area contributed by atoms with Crippen molar-refractivity contribution in [1.82, 2.24) is 4.98 Å². The average molecular weight is 168 g/mol. The molecule has 0 aliphatic rings. The lowest BCUT2D eigenvalue weighted by molar-refractivity contribution is 1.03. The highest BCUT2D eigenvalue weighted by molar-refractivity contribution is 7.80. The molecular formula is C8H10N2S. The predicted octanol–water partition coefficient (Wildman–Crippen LogP) is 1.28. The molecule has 1 aromatic rings. The smallest absolute Gasteiger partial charge is 0.104 e. The van der Waals surface area contributed by atoms with Crippen molar-refractivity contribution in [3.8, 4) is 0 Å². The minimum absolute atomic E-state index is 0.433. The topological polar surface area (TPSA) is 38.9 Å². The van der Waals surface area contributed by atoms with Crippen LogP contribution in [0.3, 0.4) is 0 Å². The van der Waals surface area contributed by atoms with Gasteiger partial charge in [0.05, 0.1) is 0 Å². The van der Waals surface area contributed by atoms with E-state index in [1.54, 1.807) is 6.20 Å². The number of nitrogens with two attached hydrogens (primary N) is 1. The van der Waals surface area contributed by atoms with Crippen molar-refractivity contribution >= 4 is 17.2 Å². The summed E-state index contributed by atoms with van der Waals surface area (Å²) in [6.45, 7) is 2.05. The van der Waals surface area contributed by atoms with Gasteiger partial charge in [0.2, 0.25) is 0 Å². The van der Waals surface area contributed by atoms with Crippen molar-refractivity contribution in [2.45, 2.75) is 13.3 Å². The zero-order valence-corrected chi connectivity index (χ0v) is 7.19. The average Bonchev–Trinajstić information content (AvgIpc) is 2.05. The van der Waals surface area contributed by atoms with Crippen LogP contribution in [0.1, 0.15) is 18.2 Å². The van der Waals surface area contributed by atoms with Gasteiger partial charge in [0, 0.05) is 17.5 Å². The molecule has 0 unspecified atom stereocenters. The molecule has 11 heavy (non-hydrogen) atoms. The summed E-state index contributed by atoms with van der Waals surface area (Å²) in [5.41, 5.74) is 7.36. The van der Waals surface area contributed by atoms with Crippen LogP contribution in [0.4, 0.5) is 0 Å². The maximum atomic E-state index is 5.44. The summed E-state index contributed by atoms with van der Waals surface area (Å²) in [6.07, 6.45) is 2.64. The molecule has 2 nitrogen and oxygen atoms in total. The number of hydrogen-bond donors (Lipinski definition) is 1. The van der Waals surface area contributed by atoms with Crippen molar-refractivity contribution in [3.63, 3.8) is 0 Å². The number of pyridine rings is 1. The Kier molecular flexibility index (Phi) is 2.54. The van der Waals surface area contributed by atoms with Gasteiger partial charge in [-0.3, -0.25) is 4.98 Å². The van der Waals surface area contributed by atoms with E-state index in [0.29, 0.717) is 4.99 Å². The third-order valence-corrected chi connectivity index (χ3v) is 1.70. The largest absolute Gasteiger partial charge is 0.389 e. The highest BCUT2D eigenvalue weighted by atomic mass is 34.0. The first-order valence-electron chi connectivity index (χ1n) is 3.48. The van der Waals surface area contributed by atoms with Crippen LogP contribution in [0, 0.1) is 0 Å². The first-order chi connectivity index (χ1) is 5.24. The predicted molar refractivity (Wildman–Crippen MR) is 49.5 cm³/mol. The third-order valence-electron chi connectivity index (χ3n) is 1.46. The maximum Gasteiger partial charge on any atom is 0.104 e. The molecule has 0 saturated carbocycles. The molecule has 0 radical (unpaired) electrons. The fourth-order valence-corrected chi connectivity index (χ4v) is 0.952. The van der Waals surface area contributed by atoms with E-state index in [1.807, 2.05) is 19.1 Å². The zero-order valence-electron chi connectivity index (χ0n) is 6.37. The van der Waals surface area contributed by atoms with Crippen molar-refractivity contribution in [2.75, 3.05) is 0 Å². The number of rotatable bonds is 2. The lowest BCUT2D eigenvalue weighted by Crippen LogP contribution is -2.09. The Balaban J connectivity index is 3.01. The van der Waals surface area contributed by atoms with Gasteiger partial charge in [-0.1, -0.05) is 19.1 Å². The van der Waals surface area contributed by atoms with Crippen LogP contribution in [0.5, 0.6) is 0 Å². The molecule has 0 aromatic carbocycles. The van der Waals surface area contributed by atoms with E-state index in [1.165, 1.54) is 0 Å². The summed E-state index contributed by atoms with van der Waals surface area (Å²) >= 11 is 4.82. The van der Waals surface area contributed by atoms with Crippen LogP contribution >= 0.6 is 12.2 Å². The SMILES string of the molecule is CCc1cc(C(N)=[34S])ccn1. The first-order valence-corrected chi connectivity index (χ1v) is 3.89. The maximum absolute atomic E-state index is 5.44. The standard InChI is InChI=1S/C8H10N2S/c1-2-7-5-6(8(9)11)3-4-10-7/h3-5H,2H2,1H3,(H2,9,11)/i11+2. The van der Waals surface area contributed by atoms with Crippen LogP contribution < -0.4 is 5.73 Å². The van der Waals surface area contributed by atoms with Crippen LogP contribution in [-0.2, 0) is 6.42 Å². The second-order valence-corrected chi connectivity index (χ2v) is 2.69. The summed E-state index contributed by atoms with van der Waals surface area (Å²) in [4.78, 5) is 4.56. The lowest BCUT2D eigenvalue weighted by Gasteiger charge is -1.99. The number of hydrogen-bond acceptors (Lipinski definition) is 2. The van der Waals surface area contributed by atoms with Gasteiger partial charge >= 0.3 is 0 Å². The highest BCUT2D eigenvalue weighted by Gasteiger charge is 1.96. The van der Waals surface area contributed by atoms with Crippen molar-refractivity contribution < 1.29 is 0 Å². The second kappa shape index (κ2) is 3.44. The van der Waals surface area contributed by atoms with Crippen molar-refractivity contribution in [3.05, 3.63) is 29.6 Å². The Morgan fingerprint density at radius 3 is 3.00 bits per heavy atom. The number of aryl methyl sites for hydroxylation is 1. The summed E-state index contributed by atoms with van der Waals surface area (Å²) in [7, 11) is 0. The van der Waals surface area contributed by atoms with Gasteiger partial charge in [0.1, 0.15) is 4.99 Å². The van der Waals surface area contributed by atoms with Crippen LogP contribution in [-0.4, -0.2) is 9.97 Å². The quantitative estimate of drug-likeness (QED) is 0.534. The Morgan fingerprint density at radius 1 is 1.73 bits per heavy atom. The van der Waals surface area contributed by atoms with Crippen LogP contribution in [0.25, 0.3) is 0 Å². The monoisotopic (exact) mass is 168 g/mol. The van der Waals surface area contributed by atoms with Crippen molar-refractivity contribution in [2.24, 2.45) is 5.73 Å². The summed E-state index contributed by atoms with van der Waals surface area (Å²) in [5, 5.41) is 0. The van der Waals surface area contributed by atoms with E-state index in [-0.39, 0.29) is 0 Å². The third kappa shape index (κ3) is 1.98. The van der Waals surface area contributed by atoms with Gasteiger partial charge in [-0.05, 0) is 18.6 Å². The molecular weight excluding hydrogens is 158 g/mol. The van der Waals surface area contributed by atoms with Gasteiger partial charge in [-0.15, -0.1) is 0 Å². The Bertz CT molecular complexity index is 271. The minimum Gasteiger partial charge on any atom is -0.389 e. The molecule has 0 saturated heterocycles. The van der Waals surface area contributed by atoms with Crippen LogP contribution in [0.2, 0.25) is 0 Å². The van der Waals surface area contributed by atoms with Gasteiger partial charge in [0.15, 0.2) is 0 Å². The minimum atomic E-state index is 0.433. The van der Waals surface area contributed by atoms with Gasteiger partial charge in [0.25, 0.3) is 0 Å². The second-order valence-electron chi connectivity index (χ2n) is 2.25.